The molecule has 27 heavy (non-hydrogen) atoms. The van der Waals surface area contributed by atoms with E-state index in [0.29, 0.717) is 6.42 Å². The number of fused-ring (bicyclic) bond motifs is 2. The maximum atomic E-state index is 12.4. The van der Waals surface area contributed by atoms with Gasteiger partial charge in [-0.25, -0.2) is 5.43 Å². The zero-order valence-corrected chi connectivity index (χ0v) is 15.7. The Morgan fingerprint density at radius 2 is 1.74 bits per heavy atom. The van der Waals surface area contributed by atoms with Gasteiger partial charge in [0.1, 0.15) is 0 Å². The molecule has 0 bridgehead atoms. The third-order valence-electron chi connectivity index (χ3n) is 5.35. The van der Waals surface area contributed by atoms with E-state index in [0.717, 1.165) is 34.0 Å². The van der Waals surface area contributed by atoms with Crippen molar-refractivity contribution < 1.29 is 4.79 Å². The van der Waals surface area contributed by atoms with Crippen LogP contribution in [0.25, 0.3) is 10.8 Å². The van der Waals surface area contributed by atoms with Crippen molar-refractivity contribution in [3.05, 3.63) is 82.9 Å². The van der Waals surface area contributed by atoms with Gasteiger partial charge in [-0.1, -0.05) is 54.6 Å². The van der Waals surface area contributed by atoms with Gasteiger partial charge in [0.15, 0.2) is 0 Å². The molecule has 1 amide bonds. The molecule has 0 aromatic heterocycles. The van der Waals surface area contributed by atoms with Gasteiger partial charge in [-0.2, -0.15) is 5.10 Å². The molecule has 0 saturated heterocycles. The molecule has 3 aromatic rings. The highest BCUT2D eigenvalue weighted by Gasteiger charge is 2.11. The van der Waals surface area contributed by atoms with Gasteiger partial charge in [0.2, 0.25) is 5.91 Å². The Kier molecular flexibility index (Phi) is 5.01. The summed E-state index contributed by atoms with van der Waals surface area (Å²) >= 11 is 0. The number of rotatable bonds is 4. The van der Waals surface area contributed by atoms with Gasteiger partial charge in [0.05, 0.1) is 12.1 Å². The van der Waals surface area contributed by atoms with Crippen LogP contribution in [-0.2, 0) is 24.1 Å². The van der Waals surface area contributed by atoms with Crippen molar-refractivity contribution in [3.8, 4) is 0 Å². The van der Waals surface area contributed by atoms with Crippen molar-refractivity contribution in [1.29, 1.82) is 0 Å². The van der Waals surface area contributed by atoms with E-state index in [9.17, 15) is 4.79 Å². The van der Waals surface area contributed by atoms with Crippen molar-refractivity contribution in [2.75, 3.05) is 0 Å². The van der Waals surface area contributed by atoms with E-state index < -0.39 is 0 Å². The third-order valence-corrected chi connectivity index (χ3v) is 5.35. The van der Waals surface area contributed by atoms with Gasteiger partial charge in [-0.15, -0.1) is 0 Å². The van der Waals surface area contributed by atoms with Gasteiger partial charge < -0.3 is 0 Å². The molecule has 0 unspecified atom stereocenters. The molecule has 0 atom stereocenters. The van der Waals surface area contributed by atoms with Crippen molar-refractivity contribution >= 4 is 22.4 Å². The number of nitrogens with zero attached hydrogens (tertiary/aromatic N) is 1. The Balaban J connectivity index is 1.46. The molecule has 136 valence electrons. The average molecular weight is 356 g/mol. The second-order valence-corrected chi connectivity index (χ2v) is 7.24. The Hall–Kier alpha value is -2.94. The number of hydrogen-bond acceptors (Lipinski definition) is 2. The van der Waals surface area contributed by atoms with Crippen molar-refractivity contribution in [1.82, 2.24) is 5.43 Å². The molecule has 0 radical (unpaired) electrons. The highest BCUT2D eigenvalue weighted by molar-refractivity contribution is 5.99. The van der Waals surface area contributed by atoms with Crippen LogP contribution in [0, 0.1) is 0 Å². The first kappa shape index (κ1) is 17.5. The molecule has 0 heterocycles. The minimum Gasteiger partial charge on any atom is -0.273 e. The number of benzene rings is 3. The van der Waals surface area contributed by atoms with Crippen LogP contribution in [0.3, 0.4) is 0 Å². The molecule has 1 aliphatic rings. The number of hydrogen-bond donors (Lipinski definition) is 1. The lowest BCUT2D eigenvalue weighted by Gasteiger charge is -2.16. The van der Waals surface area contributed by atoms with E-state index in [1.54, 1.807) is 0 Å². The molecule has 3 nitrogen and oxygen atoms in total. The zero-order valence-electron chi connectivity index (χ0n) is 15.7. The summed E-state index contributed by atoms with van der Waals surface area (Å²) in [4.78, 5) is 12.4. The van der Waals surface area contributed by atoms with Crippen LogP contribution in [-0.4, -0.2) is 11.6 Å². The van der Waals surface area contributed by atoms with Gasteiger partial charge in [0.25, 0.3) is 0 Å². The van der Waals surface area contributed by atoms with Gasteiger partial charge in [0, 0.05) is 0 Å². The smallest absolute Gasteiger partial charge is 0.244 e. The molecule has 1 N–H and O–H groups in total. The summed E-state index contributed by atoms with van der Waals surface area (Å²) in [5.41, 5.74) is 8.55. The molecule has 3 heteroatoms. The Morgan fingerprint density at radius 1 is 0.963 bits per heavy atom. The summed E-state index contributed by atoms with van der Waals surface area (Å²) in [5, 5.41) is 6.60. The molecule has 0 aliphatic heterocycles. The minimum atomic E-state index is -0.0938. The van der Waals surface area contributed by atoms with Crippen LogP contribution in [0.5, 0.6) is 0 Å². The van der Waals surface area contributed by atoms with E-state index in [1.807, 2.05) is 31.2 Å². The standard InChI is InChI=1S/C24H24N2O/c1-17(20-14-13-18-7-2-3-9-21(18)15-20)25-26-24(27)16-22-11-6-10-19-8-4-5-12-23(19)22/h4-6,8,10-15H,2-3,7,9,16H2,1H3,(H,26,27)/b25-17-. The molecule has 0 saturated carbocycles. The van der Waals surface area contributed by atoms with Crippen molar-refractivity contribution in [2.24, 2.45) is 5.10 Å². The zero-order chi connectivity index (χ0) is 18.6. The number of carbonyl (C=O) groups is 1. The predicted molar refractivity (Wildman–Crippen MR) is 111 cm³/mol. The van der Waals surface area contributed by atoms with E-state index >= 15 is 0 Å². The lowest BCUT2D eigenvalue weighted by molar-refractivity contribution is -0.120. The predicted octanol–water partition coefficient (Wildman–Crippen LogP) is 4.80. The Morgan fingerprint density at radius 3 is 2.63 bits per heavy atom. The molecule has 0 fully saturated rings. The first-order valence-electron chi connectivity index (χ1n) is 9.62. The maximum absolute atomic E-state index is 12.4. The number of amides is 1. The van der Waals surface area contributed by atoms with Crippen LogP contribution in [0.1, 0.15) is 42.0 Å². The minimum absolute atomic E-state index is 0.0938. The fraction of sp³-hybridized carbons (Fsp3) is 0.250. The fourth-order valence-electron chi connectivity index (χ4n) is 3.83. The second-order valence-electron chi connectivity index (χ2n) is 7.24. The van der Waals surface area contributed by atoms with E-state index in [4.69, 9.17) is 0 Å². The molecular weight excluding hydrogens is 332 g/mol. The van der Waals surface area contributed by atoms with Crippen LogP contribution in [0.15, 0.2) is 65.8 Å². The molecular formula is C24H24N2O. The largest absolute Gasteiger partial charge is 0.273 e. The molecule has 0 spiro atoms. The highest BCUT2D eigenvalue weighted by Crippen LogP contribution is 2.22. The summed E-state index contributed by atoms with van der Waals surface area (Å²) in [6.07, 6.45) is 5.18. The van der Waals surface area contributed by atoms with Crippen LogP contribution in [0.2, 0.25) is 0 Å². The lowest BCUT2D eigenvalue weighted by Crippen LogP contribution is -2.21. The molecule has 3 aromatic carbocycles. The van der Waals surface area contributed by atoms with Gasteiger partial charge in [-0.05, 0) is 71.7 Å². The molecule has 1 aliphatic carbocycles. The first-order chi connectivity index (χ1) is 13.2. The quantitative estimate of drug-likeness (QED) is 0.529. The molecule has 4 rings (SSSR count). The monoisotopic (exact) mass is 356 g/mol. The number of nitrogens with one attached hydrogen (secondary N) is 1. The number of hydrazone groups is 1. The summed E-state index contributed by atoms with van der Waals surface area (Å²) in [6, 6.07) is 20.7. The average Bonchev–Trinajstić information content (AvgIpc) is 2.72. The normalized spacial score (nSPS) is 14.0. The van der Waals surface area contributed by atoms with E-state index in [1.165, 1.54) is 30.4 Å². The van der Waals surface area contributed by atoms with Crippen molar-refractivity contribution in [2.45, 2.75) is 39.0 Å². The highest BCUT2D eigenvalue weighted by atomic mass is 16.2. The third kappa shape index (κ3) is 3.92. The Bertz CT molecular complexity index is 1010. The topological polar surface area (TPSA) is 41.5 Å². The van der Waals surface area contributed by atoms with Gasteiger partial charge in [-0.3, -0.25) is 4.79 Å². The number of carbonyl (C=O) groups excluding carboxylic acids is 1. The van der Waals surface area contributed by atoms with Crippen molar-refractivity contribution in [3.63, 3.8) is 0 Å². The van der Waals surface area contributed by atoms with E-state index in [-0.39, 0.29) is 5.91 Å². The van der Waals surface area contributed by atoms with Crippen LogP contribution < -0.4 is 5.43 Å². The van der Waals surface area contributed by atoms with Gasteiger partial charge >= 0.3 is 0 Å². The van der Waals surface area contributed by atoms with Crippen LogP contribution >= 0.6 is 0 Å². The number of aryl methyl sites for hydroxylation is 2. The fourth-order valence-corrected chi connectivity index (χ4v) is 3.83. The maximum Gasteiger partial charge on any atom is 0.244 e. The summed E-state index contributed by atoms with van der Waals surface area (Å²) in [7, 11) is 0. The van der Waals surface area contributed by atoms with Crippen LogP contribution in [0.4, 0.5) is 0 Å². The van der Waals surface area contributed by atoms with E-state index in [2.05, 4.69) is 46.9 Å². The lowest BCUT2D eigenvalue weighted by atomic mass is 9.90. The summed E-state index contributed by atoms with van der Waals surface area (Å²) in [6.45, 7) is 1.95. The summed E-state index contributed by atoms with van der Waals surface area (Å²) in [5.74, 6) is -0.0938. The Labute approximate surface area is 160 Å². The second kappa shape index (κ2) is 7.75. The first-order valence-corrected chi connectivity index (χ1v) is 9.62. The SMILES string of the molecule is C/C(=N/NC(=O)Cc1cccc2ccccc12)c1ccc2c(c1)CCCC2. The summed E-state index contributed by atoms with van der Waals surface area (Å²) < 4.78 is 0.